The summed E-state index contributed by atoms with van der Waals surface area (Å²) in [5.74, 6) is 0. The number of nitrogens with two attached hydrogens (primary N) is 1. The quantitative estimate of drug-likeness (QED) is 0.896. The zero-order chi connectivity index (χ0) is 12.3. The minimum atomic E-state index is 0.390. The molecular weight excluding hydrogens is 232 g/mol. The van der Waals surface area contributed by atoms with E-state index in [1.807, 2.05) is 12.1 Å². The maximum Gasteiger partial charge on any atom is 0.0406 e. The monoisotopic (exact) mass is 252 g/mol. The molecule has 3 heteroatoms. The zero-order valence-corrected chi connectivity index (χ0v) is 11.2. The van der Waals surface area contributed by atoms with Gasteiger partial charge in [0.15, 0.2) is 0 Å². The average molecular weight is 253 g/mol. The number of nitrogens with zero attached hydrogens (tertiary/aromatic N) is 1. The predicted octanol–water partition coefficient (Wildman–Crippen LogP) is 3.04. The Morgan fingerprint density at radius 2 is 2.00 bits per heavy atom. The van der Waals surface area contributed by atoms with Crippen LogP contribution >= 0.6 is 11.6 Å². The summed E-state index contributed by atoms with van der Waals surface area (Å²) < 4.78 is 0. The fourth-order valence-electron chi connectivity index (χ4n) is 2.61. The second kappa shape index (κ2) is 5.85. The maximum absolute atomic E-state index is 6.03. The first-order valence-corrected chi connectivity index (χ1v) is 6.73. The van der Waals surface area contributed by atoms with Gasteiger partial charge in [-0.15, -0.1) is 0 Å². The summed E-state index contributed by atoms with van der Waals surface area (Å²) in [5.41, 5.74) is 7.35. The van der Waals surface area contributed by atoms with Crippen molar-refractivity contribution >= 4 is 11.6 Å². The summed E-state index contributed by atoms with van der Waals surface area (Å²) >= 11 is 5.89. The van der Waals surface area contributed by atoms with Crippen molar-refractivity contribution in [3.05, 3.63) is 34.9 Å². The van der Waals surface area contributed by atoms with Crippen molar-refractivity contribution in [3.63, 3.8) is 0 Å². The van der Waals surface area contributed by atoms with E-state index in [0.29, 0.717) is 12.1 Å². The van der Waals surface area contributed by atoms with E-state index < -0.39 is 0 Å². The van der Waals surface area contributed by atoms with Gasteiger partial charge >= 0.3 is 0 Å². The van der Waals surface area contributed by atoms with Crippen molar-refractivity contribution in [1.82, 2.24) is 4.90 Å². The lowest BCUT2D eigenvalue weighted by molar-refractivity contribution is 0.173. The van der Waals surface area contributed by atoms with Gasteiger partial charge in [0, 0.05) is 23.7 Å². The third-order valence-electron chi connectivity index (χ3n) is 3.66. The van der Waals surface area contributed by atoms with Crippen molar-refractivity contribution in [1.29, 1.82) is 0 Å². The molecule has 2 N–H and O–H groups in total. The van der Waals surface area contributed by atoms with Gasteiger partial charge in [-0.1, -0.05) is 30.2 Å². The highest BCUT2D eigenvalue weighted by Crippen LogP contribution is 2.22. The molecular formula is C14H21ClN2. The normalized spacial score (nSPS) is 25.2. The lowest BCUT2D eigenvalue weighted by atomic mass is 9.90. The first kappa shape index (κ1) is 12.9. The van der Waals surface area contributed by atoms with E-state index in [0.717, 1.165) is 18.0 Å². The van der Waals surface area contributed by atoms with Crippen LogP contribution < -0.4 is 5.73 Å². The number of hydrogen-bond donors (Lipinski definition) is 1. The SMILES string of the molecule is CN(Cc1ccc(Cl)cc1)C1CCCC(N)C1. The molecule has 94 valence electrons. The summed E-state index contributed by atoms with van der Waals surface area (Å²) in [5, 5.41) is 0.802. The number of halogens is 1. The minimum Gasteiger partial charge on any atom is -0.328 e. The summed E-state index contributed by atoms with van der Waals surface area (Å²) in [6, 6.07) is 9.13. The molecule has 1 aromatic rings. The van der Waals surface area contributed by atoms with Gasteiger partial charge in [0.1, 0.15) is 0 Å². The molecule has 1 aromatic carbocycles. The van der Waals surface area contributed by atoms with Gasteiger partial charge in [-0.2, -0.15) is 0 Å². The summed E-state index contributed by atoms with van der Waals surface area (Å²) in [6.45, 7) is 0.981. The fourth-order valence-corrected chi connectivity index (χ4v) is 2.73. The van der Waals surface area contributed by atoms with E-state index >= 15 is 0 Å². The van der Waals surface area contributed by atoms with Crippen LogP contribution in [0.3, 0.4) is 0 Å². The third kappa shape index (κ3) is 3.70. The first-order valence-electron chi connectivity index (χ1n) is 6.35. The Labute approximate surface area is 109 Å². The molecule has 1 aliphatic carbocycles. The molecule has 1 aliphatic rings. The lowest BCUT2D eigenvalue weighted by Gasteiger charge is -2.34. The molecule has 0 aliphatic heterocycles. The van der Waals surface area contributed by atoms with E-state index in [2.05, 4.69) is 24.1 Å². The molecule has 0 saturated heterocycles. The van der Waals surface area contributed by atoms with Gasteiger partial charge in [-0.3, -0.25) is 4.90 Å². The molecule has 1 saturated carbocycles. The number of hydrogen-bond acceptors (Lipinski definition) is 2. The van der Waals surface area contributed by atoms with Gasteiger partial charge in [0.2, 0.25) is 0 Å². The van der Waals surface area contributed by atoms with Gasteiger partial charge in [-0.05, 0) is 44.0 Å². The third-order valence-corrected chi connectivity index (χ3v) is 3.91. The minimum absolute atomic E-state index is 0.390. The van der Waals surface area contributed by atoms with E-state index in [1.54, 1.807) is 0 Å². The molecule has 0 spiro atoms. The number of rotatable bonds is 3. The average Bonchev–Trinajstić information content (AvgIpc) is 2.32. The van der Waals surface area contributed by atoms with Crippen molar-refractivity contribution in [3.8, 4) is 0 Å². The Morgan fingerprint density at radius 1 is 1.29 bits per heavy atom. The summed E-state index contributed by atoms with van der Waals surface area (Å²) in [6.07, 6.45) is 4.85. The summed E-state index contributed by atoms with van der Waals surface area (Å²) in [4.78, 5) is 2.42. The molecule has 2 rings (SSSR count). The molecule has 2 unspecified atom stereocenters. The van der Waals surface area contributed by atoms with Crippen LogP contribution in [0.5, 0.6) is 0 Å². The highest BCUT2D eigenvalue weighted by molar-refractivity contribution is 6.30. The Bertz CT molecular complexity index is 350. The van der Waals surface area contributed by atoms with Crippen molar-refractivity contribution < 1.29 is 0 Å². The van der Waals surface area contributed by atoms with Crippen LogP contribution in [0.1, 0.15) is 31.2 Å². The zero-order valence-electron chi connectivity index (χ0n) is 10.4. The lowest BCUT2D eigenvalue weighted by Crippen LogP contribution is -2.40. The topological polar surface area (TPSA) is 29.3 Å². The van der Waals surface area contributed by atoms with Gasteiger partial charge < -0.3 is 5.73 Å². The Morgan fingerprint density at radius 3 is 2.65 bits per heavy atom. The molecule has 17 heavy (non-hydrogen) atoms. The van der Waals surface area contributed by atoms with Crippen LogP contribution in [0, 0.1) is 0 Å². The highest BCUT2D eigenvalue weighted by Gasteiger charge is 2.22. The van der Waals surface area contributed by atoms with E-state index in [-0.39, 0.29) is 0 Å². The molecule has 0 heterocycles. The second-order valence-electron chi connectivity index (χ2n) is 5.12. The highest BCUT2D eigenvalue weighted by atomic mass is 35.5. The van der Waals surface area contributed by atoms with Crippen LogP contribution in [0.2, 0.25) is 5.02 Å². The van der Waals surface area contributed by atoms with E-state index in [4.69, 9.17) is 17.3 Å². The second-order valence-corrected chi connectivity index (χ2v) is 5.56. The van der Waals surface area contributed by atoms with Crippen LogP contribution in [0.15, 0.2) is 24.3 Å². The van der Waals surface area contributed by atoms with Gasteiger partial charge in [0.05, 0.1) is 0 Å². The largest absolute Gasteiger partial charge is 0.328 e. The Balaban J connectivity index is 1.91. The van der Waals surface area contributed by atoms with Crippen molar-refractivity contribution in [2.24, 2.45) is 5.73 Å². The summed E-state index contributed by atoms with van der Waals surface area (Å²) in [7, 11) is 2.19. The van der Waals surface area contributed by atoms with Crippen molar-refractivity contribution in [2.45, 2.75) is 44.3 Å². The van der Waals surface area contributed by atoms with Crippen LogP contribution in [-0.2, 0) is 6.54 Å². The molecule has 1 fully saturated rings. The predicted molar refractivity (Wildman–Crippen MR) is 73.2 cm³/mol. The van der Waals surface area contributed by atoms with E-state index in [9.17, 15) is 0 Å². The van der Waals surface area contributed by atoms with Crippen LogP contribution in [-0.4, -0.2) is 24.0 Å². The Kier molecular flexibility index (Phi) is 4.43. The van der Waals surface area contributed by atoms with Gasteiger partial charge in [-0.25, -0.2) is 0 Å². The van der Waals surface area contributed by atoms with Gasteiger partial charge in [0.25, 0.3) is 0 Å². The van der Waals surface area contributed by atoms with Crippen LogP contribution in [0.4, 0.5) is 0 Å². The first-order chi connectivity index (χ1) is 8.15. The fraction of sp³-hybridized carbons (Fsp3) is 0.571. The molecule has 0 amide bonds. The van der Waals surface area contributed by atoms with E-state index in [1.165, 1.54) is 24.8 Å². The molecule has 0 bridgehead atoms. The van der Waals surface area contributed by atoms with Crippen molar-refractivity contribution in [2.75, 3.05) is 7.05 Å². The smallest absolute Gasteiger partial charge is 0.0406 e. The Hall–Kier alpha value is -0.570. The number of benzene rings is 1. The molecule has 0 aromatic heterocycles. The maximum atomic E-state index is 6.03. The molecule has 2 nitrogen and oxygen atoms in total. The molecule has 0 radical (unpaired) electrons. The standard InChI is InChI=1S/C14H21ClN2/c1-17(14-4-2-3-13(16)9-14)10-11-5-7-12(15)8-6-11/h5-8,13-14H,2-4,9-10,16H2,1H3. The molecule has 2 atom stereocenters. The van der Waals surface area contributed by atoms with Crippen LogP contribution in [0.25, 0.3) is 0 Å².